The van der Waals surface area contributed by atoms with E-state index in [0.717, 1.165) is 102 Å². The summed E-state index contributed by atoms with van der Waals surface area (Å²) in [6, 6.07) is 86.6. The van der Waals surface area contributed by atoms with Crippen molar-refractivity contribution in [1.82, 2.24) is 4.40 Å². The number of furan rings is 2. The van der Waals surface area contributed by atoms with Gasteiger partial charge < -0.3 is 23.0 Å². The van der Waals surface area contributed by atoms with Crippen LogP contribution in [0.25, 0.3) is 115 Å². The second-order valence-electron chi connectivity index (χ2n) is 20.6. The molecule has 16 rings (SSSR count). The summed E-state index contributed by atoms with van der Waals surface area (Å²) in [4.78, 5) is 4.71. The Labute approximate surface area is 444 Å². The van der Waals surface area contributed by atoms with Crippen LogP contribution in [0.2, 0.25) is 0 Å². The summed E-state index contributed by atoms with van der Waals surface area (Å²) >= 11 is 0. The summed E-state index contributed by atoms with van der Waals surface area (Å²) in [5.74, 6) is 0. The fourth-order valence-corrected chi connectivity index (χ4v) is 12.7. The normalized spacial score (nSPS) is 12.1. The first-order valence-electron chi connectivity index (χ1n) is 26.8. The van der Waals surface area contributed by atoms with E-state index in [1.54, 1.807) is 0 Å². The molecule has 5 heteroatoms. The van der Waals surface area contributed by atoms with Gasteiger partial charge in [0.25, 0.3) is 0 Å². The number of fused-ring (bicyclic) bond motifs is 14. The van der Waals surface area contributed by atoms with Crippen molar-refractivity contribution in [2.75, 3.05) is 9.80 Å². The van der Waals surface area contributed by atoms with E-state index in [-0.39, 0.29) is 0 Å². The molecule has 16 aromatic rings. The second kappa shape index (κ2) is 16.8. The average Bonchev–Trinajstić information content (AvgIpc) is 4.45. The lowest BCUT2D eigenvalue weighted by molar-refractivity contribution is 0.663. The van der Waals surface area contributed by atoms with Crippen molar-refractivity contribution in [3.63, 3.8) is 0 Å². The summed E-state index contributed by atoms with van der Waals surface area (Å²) in [5, 5.41) is 14.2. The molecule has 77 heavy (non-hydrogen) atoms. The summed E-state index contributed by atoms with van der Waals surface area (Å²) < 4.78 is 16.3. The van der Waals surface area contributed by atoms with Gasteiger partial charge in [0.15, 0.2) is 11.2 Å². The number of hydrogen-bond acceptors (Lipinski definition) is 4. The van der Waals surface area contributed by atoms with E-state index in [4.69, 9.17) is 8.83 Å². The predicted octanol–water partition coefficient (Wildman–Crippen LogP) is 20.7. The van der Waals surface area contributed by atoms with Crippen LogP contribution in [-0.2, 0) is 12.8 Å². The molecule has 0 N–H and O–H groups in total. The Morgan fingerprint density at radius 2 is 0.740 bits per heavy atom. The predicted molar refractivity (Wildman–Crippen MR) is 324 cm³/mol. The molecule has 0 bridgehead atoms. The molecular weight excluding hydrogens is 939 g/mol. The maximum Gasteiger partial charge on any atom is 0.159 e. The SMILES string of the molecule is CCc1cccc2c1oc1c(N(c3ccccc3)c3ccc4cc5c6cc(-c7ccccc7)cc7c8cc9ccc(N(c%10ccccc%10)c%10cccc%11c%10oc%10c(CC)cccc%10%11)cc9cc8n(c5cc4c3)c67)cccc12. The molecule has 0 aliphatic carbocycles. The molecule has 0 radical (unpaired) electrons. The number of anilines is 6. The molecule has 364 valence electrons. The first kappa shape index (κ1) is 43.5. The van der Waals surface area contributed by atoms with Gasteiger partial charge in [-0.1, -0.05) is 153 Å². The number of benzene rings is 12. The van der Waals surface area contributed by atoms with Crippen molar-refractivity contribution < 1.29 is 8.83 Å². The van der Waals surface area contributed by atoms with Crippen LogP contribution in [0.4, 0.5) is 34.1 Å². The molecule has 4 aromatic heterocycles. The van der Waals surface area contributed by atoms with Crippen LogP contribution in [0.5, 0.6) is 0 Å². The van der Waals surface area contributed by atoms with Gasteiger partial charge in [-0.05, 0) is 154 Å². The van der Waals surface area contributed by atoms with Gasteiger partial charge in [-0.3, -0.25) is 0 Å². The highest BCUT2D eigenvalue weighted by Gasteiger charge is 2.25. The van der Waals surface area contributed by atoms with Crippen molar-refractivity contribution in [3.05, 3.63) is 248 Å². The van der Waals surface area contributed by atoms with Crippen LogP contribution in [0.1, 0.15) is 25.0 Å². The number of rotatable bonds is 9. The van der Waals surface area contributed by atoms with Crippen LogP contribution in [0, 0.1) is 0 Å². The maximum atomic E-state index is 6.90. The van der Waals surface area contributed by atoms with E-state index in [2.05, 4.69) is 265 Å². The molecule has 0 spiro atoms. The fraction of sp³-hybridized carbons (Fsp3) is 0.0556. The Balaban J connectivity index is 0.924. The molecule has 0 aliphatic rings. The molecule has 0 fully saturated rings. The van der Waals surface area contributed by atoms with E-state index in [1.807, 2.05) is 0 Å². The van der Waals surface area contributed by atoms with E-state index >= 15 is 0 Å². The highest BCUT2D eigenvalue weighted by Crippen LogP contribution is 2.48. The molecule has 0 aliphatic heterocycles. The van der Waals surface area contributed by atoms with Gasteiger partial charge in [-0.15, -0.1) is 0 Å². The highest BCUT2D eigenvalue weighted by atomic mass is 16.3. The minimum Gasteiger partial charge on any atom is -0.454 e. The van der Waals surface area contributed by atoms with E-state index < -0.39 is 0 Å². The van der Waals surface area contributed by atoms with Gasteiger partial charge in [0.1, 0.15) is 11.2 Å². The maximum absolute atomic E-state index is 6.90. The van der Waals surface area contributed by atoms with Crippen LogP contribution < -0.4 is 9.80 Å². The van der Waals surface area contributed by atoms with Crippen LogP contribution in [0.15, 0.2) is 245 Å². The van der Waals surface area contributed by atoms with Gasteiger partial charge in [-0.2, -0.15) is 0 Å². The lowest BCUT2D eigenvalue weighted by atomic mass is 9.97. The average molecular weight is 988 g/mol. The highest BCUT2D eigenvalue weighted by molar-refractivity contribution is 6.27. The van der Waals surface area contributed by atoms with E-state index in [1.165, 1.54) is 71.1 Å². The molecule has 0 saturated heterocycles. The van der Waals surface area contributed by atoms with Gasteiger partial charge in [0, 0.05) is 65.8 Å². The standard InChI is InChI=1S/C72H49N3O2/c1-3-44-20-14-26-56-58-28-16-30-64(71(58)76-69(44)56)73(52-22-10-6-11-23-52)54-34-32-47-38-60-62-40-51(46-18-8-5-9-19-46)41-63-61-39-48-33-35-55(37-50(48)43-67(61)75(68(62)63)66(60)42-49(47)36-54)74(53-24-12-7-13-25-53)65-31-17-29-59-57-27-15-21-45(4-2)70(57)77-72(59)65/h5-43H,3-4H2,1-2H3. The molecule has 12 aromatic carbocycles. The third-order valence-corrected chi connectivity index (χ3v) is 16.3. The lowest BCUT2D eigenvalue weighted by Gasteiger charge is -2.26. The Morgan fingerprint density at radius 3 is 1.19 bits per heavy atom. The number of aryl methyl sites for hydroxylation is 2. The summed E-state index contributed by atoms with van der Waals surface area (Å²) in [7, 11) is 0. The van der Waals surface area contributed by atoms with E-state index in [0.29, 0.717) is 0 Å². The molecule has 4 heterocycles. The first-order chi connectivity index (χ1) is 38.1. The summed E-state index contributed by atoms with van der Waals surface area (Å²) in [6.07, 6.45) is 1.80. The molecule has 0 saturated carbocycles. The smallest absolute Gasteiger partial charge is 0.159 e. The lowest BCUT2D eigenvalue weighted by Crippen LogP contribution is -2.10. The van der Waals surface area contributed by atoms with E-state index in [9.17, 15) is 0 Å². The summed E-state index contributed by atoms with van der Waals surface area (Å²) in [5.41, 5.74) is 18.4. The van der Waals surface area contributed by atoms with Gasteiger partial charge in [0.2, 0.25) is 0 Å². The topological polar surface area (TPSA) is 37.2 Å². The molecular formula is C72H49N3O2. The van der Waals surface area contributed by atoms with Crippen molar-refractivity contribution >= 4 is 138 Å². The van der Waals surface area contributed by atoms with Crippen molar-refractivity contribution in [1.29, 1.82) is 0 Å². The third-order valence-electron chi connectivity index (χ3n) is 16.3. The zero-order chi connectivity index (χ0) is 50.9. The Bertz CT molecular complexity index is 4720. The number of nitrogens with zero attached hydrogens (tertiary/aromatic N) is 3. The summed E-state index contributed by atoms with van der Waals surface area (Å²) in [6.45, 7) is 4.39. The quantitative estimate of drug-likeness (QED) is 0.144. The van der Waals surface area contributed by atoms with Crippen LogP contribution in [-0.4, -0.2) is 4.40 Å². The van der Waals surface area contributed by atoms with Gasteiger partial charge in [0.05, 0.1) is 27.9 Å². The number of aromatic nitrogens is 1. The van der Waals surface area contributed by atoms with Crippen molar-refractivity contribution in [3.8, 4) is 11.1 Å². The minimum absolute atomic E-state index is 0.881. The molecule has 0 atom stereocenters. The molecule has 0 amide bonds. The minimum atomic E-state index is 0.881. The zero-order valence-corrected chi connectivity index (χ0v) is 42.6. The van der Waals surface area contributed by atoms with Crippen LogP contribution >= 0.6 is 0 Å². The number of hydrogen-bond donors (Lipinski definition) is 0. The third kappa shape index (κ3) is 6.53. The Kier molecular flexibility index (Phi) is 9.52. The Hall–Kier alpha value is -9.84. The van der Waals surface area contributed by atoms with Gasteiger partial charge in [-0.25, -0.2) is 0 Å². The monoisotopic (exact) mass is 987 g/mol. The molecule has 0 unspecified atom stereocenters. The van der Waals surface area contributed by atoms with Crippen molar-refractivity contribution in [2.45, 2.75) is 26.7 Å². The second-order valence-corrected chi connectivity index (χ2v) is 20.6. The van der Waals surface area contributed by atoms with Gasteiger partial charge >= 0.3 is 0 Å². The zero-order valence-electron chi connectivity index (χ0n) is 42.6. The Morgan fingerprint density at radius 1 is 0.312 bits per heavy atom. The number of para-hydroxylation sites is 6. The molecule has 5 nitrogen and oxygen atoms in total. The largest absolute Gasteiger partial charge is 0.454 e. The van der Waals surface area contributed by atoms with Crippen LogP contribution in [0.3, 0.4) is 0 Å². The van der Waals surface area contributed by atoms with Crippen molar-refractivity contribution in [2.24, 2.45) is 0 Å². The fourth-order valence-electron chi connectivity index (χ4n) is 12.7. The first-order valence-corrected chi connectivity index (χ1v) is 26.8.